The SMILES string of the molecule is CC1Oc2ccc(S(=O)(=O)NCCc3nc4ccc(F)cc4[nH]3)cc2NC1=O. The molecule has 1 unspecified atom stereocenters. The van der Waals surface area contributed by atoms with E-state index >= 15 is 0 Å². The van der Waals surface area contributed by atoms with Gasteiger partial charge < -0.3 is 15.0 Å². The minimum Gasteiger partial charge on any atom is -0.479 e. The number of carbonyl (C=O) groups excluding carboxylic acids is 1. The lowest BCUT2D eigenvalue weighted by Crippen LogP contribution is -2.34. The lowest BCUT2D eigenvalue weighted by Gasteiger charge is -2.23. The van der Waals surface area contributed by atoms with Crippen LogP contribution >= 0.6 is 0 Å². The molecule has 0 radical (unpaired) electrons. The number of hydrogen-bond acceptors (Lipinski definition) is 5. The number of nitrogens with one attached hydrogen (secondary N) is 3. The number of anilines is 1. The summed E-state index contributed by atoms with van der Waals surface area (Å²) in [5.74, 6) is 0.251. The summed E-state index contributed by atoms with van der Waals surface area (Å²) in [6.07, 6.45) is -0.331. The van der Waals surface area contributed by atoms with Crippen LogP contribution in [0.1, 0.15) is 12.7 Å². The van der Waals surface area contributed by atoms with Crippen LogP contribution in [0.4, 0.5) is 10.1 Å². The molecule has 2 heterocycles. The van der Waals surface area contributed by atoms with Crippen molar-refractivity contribution in [3.8, 4) is 5.75 Å². The summed E-state index contributed by atoms with van der Waals surface area (Å²) in [4.78, 5) is 19.0. The number of nitrogens with zero attached hydrogens (tertiary/aromatic N) is 1. The van der Waals surface area contributed by atoms with Crippen molar-refractivity contribution in [2.24, 2.45) is 0 Å². The van der Waals surface area contributed by atoms with E-state index in [4.69, 9.17) is 4.74 Å². The molecule has 4 rings (SSSR count). The van der Waals surface area contributed by atoms with Crippen molar-refractivity contribution in [2.45, 2.75) is 24.3 Å². The van der Waals surface area contributed by atoms with Crippen LogP contribution in [0.15, 0.2) is 41.3 Å². The molecule has 1 atom stereocenters. The molecule has 2 aromatic carbocycles. The van der Waals surface area contributed by atoms with E-state index in [0.29, 0.717) is 34.7 Å². The van der Waals surface area contributed by atoms with Gasteiger partial charge in [0, 0.05) is 13.0 Å². The molecule has 0 spiro atoms. The number of benzene rings is 2. The molecule has 3 aromatic rings. The average Bonchev–Trinajstić information content (AvgIpc) is 3.04. The van der Waals surface area contributed by atoms with Crippen molar-refractivity contribution < 1.29 is 22.3 Å². The summed E-state index contributed by atoms with van der Waals surface area (Å²) in [5.41, 5.74) is 1.47. The van der Waals surface area contributed by atoms with E-state index in [1.807, 2.05) is 0 Å². The zero-order valence-electron chi connectivity index (χ0n) is 14.8. The largest absolute Gasteiger partial charge is 0.479 e. The normalized spacial score (nSPS) is 16.5. The molecule has 146 valence electrons. The number of H-pyrrole nitrogens is 1. The van der Waals surface area contributed by atoms with Gasteiger partial charge in [0.15, 0.2) is 6.10 Å². The van der Waals surface area contributed by atoms with E-state index in [2.05, 4.69) is 20.0 Å². The predicted octanol–water partition coefficient (Wildman–Crippen LogP) is 1.94. The Morgan fingerprint density at radius 2 is 2.07 bits per heavy atom. The number of fused-ring (bicyclic) bond motifs is 2. The molecular weight excluding hydrogens is 387 g/mol. The summed E-state index contributed by atoms with van der Waals surface area (Å²) in [7, 11) is -3.79. The summed E-state index contributed by atoms with van der Waals surface area (Å²) < 4.78 is 46.2. The number of aromatic nitrogens is 2. The number of imidazole rings is 1. The molecule has 3 N–H and O–H groups in total. The Bertz CT molecular complexity index is 1180. The Morgan fingerprint density at radius 3 is 2.89 bits per heavy atom. The number of sulfonamides is 1. The molecule has 0 saturated heterocycles. The standard InChI is InChI=1S/C18H17FN4O4S/c1-10-18(24)23-15-9-12(3-5-16(15)27-10)28(25,26)20-7-6-17-21-13-4-2-11(19)8-14(13)22-17/h2-5,8-10,20H,6-7H2,1H3,(H,21,22)(H,23,24). The molecule has 0 bridgehead atoms. The first-order chi connectivity index (χ1) is 13.3. The van der Waals surface area contributed by atoms with Gasteiger partial charge in [0.05, 0.1) is 21.6 Å². The first kappa shape index (κ1) is 18.4. The predicted molar refractivity (Wildman–Crippen MR) is 100 cm³/mol. The van der Waals surface area contributed by atoms with E-state index < -0.39 is 16.1 Å². The zero-order chi connectivity index (χ0) is 19.9. The highest BCUT2D eigenvalue weighted by Crippen LogP contribution is 2.31. The third kappa shape index (κ3) is 3.56. The van der Waals surface area contributed by atoms with Crippen molar-refractivity contribution in [3.05, 3.63) is 48.0 Å². The Morgan fingerprint density at radius 1 is 1.25 bits per heavy atom. The van der Waals surface area contributed by atoms with E-state index in [1.54, 1.807) is 13.0 Å². The van der Waals surface area contributed by atoms with Crippen LogP contribution in [0, 0.1) is 5.82 Å². The molecular formula is C18H17FN4O4S. The second kappa shape index (κ2) is 6.88. The van der Waals surface area contributed by atoms with Gasteiger partial charge in [-0.05, 0) is 43.3 Å². The Hall–Kier alpha value is -2.98. The molecule has 0 aliphatic carbocycles. The topological polar surface area (TPSA) is 113 Å². The van der Waals surface area contributed by atoms with Crippen LogP contribution in [0.3, 0.4) is 0 Å². The summed E-state index contributed by atoms with van der Waals surface area (Å²) >= 11 is 0. The van der Waals surface area contributed by atoms with Crippen molar-refractivity contribution in [2.75, 3.05) is 11.9 Å². The number of ether oxygens (including phenoxy) is 1. The first-order valence-corrected chi connectivity index (χ1v) is 10.1. The summed E-state index contributed by atoms with van der Waals surface area (Å²) in [6.45, 7) is 1.71. The fraction of sp³-hybridized carbons (Fsp3) is 0.222. The van der Waals surface area contributed by atoms with Gasteiger partial charge in [-0.15, -0.1) is 0 Å². The number of hydrogen-bond donors (Lipinski definition) is 3. The summed E-state index contributed by atoms with van der Waals surface area (Å²) in [5, 5.41) is 2.62. The fourth-order valence-corrected chi connectivity index (χ4v) is 3.95. The van der Waals surface area contributed by atoms with Crippen molar-refractivity contribution in [3.63, 3.8) is 0 Å². The monoisotopic (exact) mass is 404 g/mol. The number of carbonyl (C=O) groups is 1. The van der Waals surface area contributed by atoms with Crippen LogP contribution in [0.2, 0.25) is 0 Å². The minimum absolute atomic E-state index is 0.0105. The van der Waals surface area contributed by atoms with Crippen LogP contribution < -0.4 is 14.8 Å². The van der Waals surface area contributed by atoms with Gasteiger partial charge in [0.1, 0.15) is 17.4 Å². The molecule has 1 amide bonds. The molecule has 0 saturated carbocycles. The fourth-order valence-electron chi connectivity index (χ4n) is 2.90. The number of amides is 1. The number of aromatic amines is 1. The highest BCUT2D eigenvalue weighted by Gasteiger charge is 2.25. The Labute approximate surface area is 160 Å². The maximum absolute atomic E-state index is 13.2. The summed E-state index contributed by atoms with van der Waals surface area (Å²) in [6, 6.07) is 8.48. The molecule has 10 heteroatoms. The van der Waals surface area contributed by atoms with Gasteiger partial charge in [0.25, 0.3) is 5.91 Å². The smallest absolute Gasteiger partial charge is 0.265 e. The van der Waals surface area contributed by atoms with Gasteiger partial charge in [-0.25, -0.2) is 22.5 Å². The Balaban J connectivity index is 1.45. The number of rotatable bonds is 5. The molecule has 0 fully saturated rings. The van der Waals surface area contributed by atoms with Gasteiger partial charge in [0.2, 0.25) is 10.0 Å². The third-order valence-electron chi connectivity index (χ3n) is 4.34. The van der Waals surface area contributed by atoms with Gasteiger partial charge >= 0.3 is 0 Å². The van der Waals surface area contributed by atoms with Crippen LogP contribution in [0.25, 0.3) is 11.0 Å². The third-order valence-corrected chi connectivity index (χ3v) is 5.80. The zero-order valence-corrected chi connectivity index (χ0v) is 15.6. The maximum Gasteiger partial charge on any atom is 0.265 e. The maximum atomic E-state index is 13.2. The second-order valence-corrected chi connectivity index (χ2v) is 8.17. The van der Waals surface area contributed by atoms with Crippen molar-refractivity contribution in [1.82, 2.24) is 14.7 Å². The molecule has 1 aliphatic heterocycles. The molecule has 8 nitrogen and oxygen atoms in total. The van der Waals surface area contributed by atoms with Crippen molar-refractivity contribution in [1.29, 1.82) is 0 Å². The molecule has 1 aliphatic rings. The highest BCUT2D eigenvalue weighted by molar-refractivity contribution is 7.89. The van der Waals surface area contributed by atoms with E-state index in [1.165, 1.54) is 30.3 Å². The number of halogens is 1. The first-order valence-electron chi connectivity index (χ1n) is 8.57. The quantitative estimate of drug-likeness (QED) is 0.602. The van der Waals surface area contributed by atoms with Crippen LogP contribution in [-0.2, 0) is 21.2 Å². The average molecular weight is 404 g/mol. The lowest BCUT2D eigenvalue weighted by molar-refractivity contribution is -0.122. The van der Waals surface area contributed by atoms with Crippen LogP contribution in [-0.4, -0.2) is 36.9 Å². The van der Waals surface area contributed by atoms with E-state index in [9.17, 15) is 17.6 Å². The Kier molecular flexibility index (Phi) is 4.52. The van der Waals surface area contributed by atoms with Gasteiger partial charge in [-0.3, -0.25) is 4.79 Å². The van der Waals surface area contributed by atoms with Crippen LogP contribution in [0.5, 0.6) is 5.75 Å². The minimum atomic E-state index is -3.79. The second-order valence-electron chi connectivity index (χ2n) is 6.40. The molecule has 28 heavy (non-hydrogen) atoms. The van der Waals surface area contributed by atoms with E-state index in [-0.39, 0.29) is 23.2 Å². The molecule has 1 aromatic heterocycles. The van der Waals surface area contributed by atoms with Gasteiger partial charge in [-0.2, -0.15) is 0 Å². The van der Waals surface area contributed by atoms with E-state index in [0.717, 1.165) is 0 Å². The lowest BCUT2D eigenvalue weighted by atomic mass is 10.2. The van der Waals surface area contributed by atoms with Crippen molar-refractivity contribution >= 4 is 32.7 Å². The highest BCUT2D eigenvalue weighted by atomic mass is 32.2. The van der Waals surface area contributed by atoms with Gasteiger partial charge in [-0.1, -0.05) is 0 Å².